The number of carbonyl (C=O) groups is 1. The van der Waals surface area contributed by atoms with Crippen LogP contribution in [0.4, 0.5) is 17.5 Å². The number of nitrogens with zero attached hydrogens (tertiary/aromatic N) is 4. The lowest BCUT2D eigenvalue weighted by Gasteiger charge is -2.31. The summed E-state index contributed by atoms with van der Waals surface area (Å²) < 4.78 is 0. The molecule has 3 aromatic rings. The van der Waals surface area contributed by atoms with Crippen LogP contribution >= 0.6 is 23.2 Å². The predicted molar refractivity (Wildman–Crippen MR) is 139 cm³/mol. The maximum absolute atomic E-state index is 12.7. The maximum Gasteiger partial charge on any atom is 0.227 e. The number of hydrogen-bond donors (Lipinski definition) is 2. The Morgan fingerprint density at radius 3 is 2.62 bits per heavy atom. The first-order chi connectivity index (χ1) is 16.3. The number of aromatic nitrogens is 2. The summed E-state index contributed by atoms with van der Waals surface area (Å²) in [5, 5.41) is 4.12. The van der Waals surface area contributed by atoms with Crippen molar-refractivity contribution in [3.05, 3.63) is 64.3 Å². The van der Waals surface area contributed by atoms with Crippen molar-refractivity contribution in [2.45, 2.75) is 19.4 Å². The molecule has 0 unspecified atom stereocenters. The van der Waals surface area contributed by atoms with E-state index < -0.39 is 0 Å². The van der Waals surface area contributed by atoms with Crippen molar-refractivity contribution in [3.8, 4) is 11.1 Å². The van der Waals surface area contributed by atoms with Gasteiger partial charge >= 0.3 is 0 Å². The molecule has 4 rings (SSSR count). The fourth-order valence-corrected chi connectivity index (χ4v) is 4.52. The molecule has 0 spiro atoms. The molecule has 1 aliphatic heterocycles. The zero-order valence-corrected chi connectivity index (χ0v) is 20.8. The highest BCUT2D eigenvalue weighted by atomic mass is 35.5. The minimum absolute atomic E-state index is 0.0298. The average molecular weight is 499 g/mol. The molecule has 3 N–H and O–H groups in total. The molecule has 2 heterocycles. The molecule has 1 aromatic heterocycles. The zero-order chi connectivity index (χ0) is 24.2. The largest absolute Gasteiger partial charge is 0.383 e. The molecule has 0 radical (unpaired) electrons. The Labute approximate surface area is 209 Å². The quantitative estimate of drug-likeness (QED) is 0.514. The smallest absolute Gasteiger partial charge is 0.227 e. The van der Waals surface area contributed by atoms with Crippen molar-refractivity contribution in [3.63, 3.8) is 0 Å². The van der Waals surface area contributed by atoms with Crippen LogP contribution < -0.4 is 20.9 Å². The van der Waals surface area contributed by atoms with Crippen molar-refractivity contribution >= 4 is 46.6 Å². The highest BCUT2D eigenvalue weighted by molar-refractivity contribution is 6.35. The fourth-order valence-electron chi connectivity index (χ4n) is 4.05. The van der Waals surface area contributed by atoms with Crippen LogP contribution in [0.25, 0.3) is 11.1 Å². The van der Waals surface area contributed by atoms with Crippen molar-refractivity contribution in [1.82, 2.24) is 15.3 Å². The number of benzene rings is 2. The molecule has 7 nitrogen and oxygen atoms in total. The second kappa shape index (κ2) is 10.5. The number of halogens is 2. The Bertz CT molecular complexity index is 1180. The van der Waals surface area contributed by atoms with Gasteiger partial charge in [0.15, 0.2) is 0 Å². The van der Waals surface area contributed by atoms with Crippen LogP contribution in [0.3, 0.4) is 0 Å². The molecular formula is C25H28Cl2N6O. The van der Waals surface area contributed by atoms with E-state index in [1.807, 2.05) is 43.3 Å². The van der Waals surface area contributed by atoms with Gasteiger partial charge in [0.25, 0.3) is 0 Å². The summed E-state index contributed by atoms with van der Waals surface area (Å²) in [6, 6.07) is 13.4. The summed E-state index contributed by atoms with van der Waals surface area (Å²) in [5.41, 5.74) is 10.0. The van der Waals surface area contributed by atoms with E-state index >= 15 is 0 Å². The SMILES string of the molecule is CN(C)c1cccc(-c2cnc(N3CCC(C(=O)NCc4ccc(Cl)cc4Cl)CC3)nc2N)c1. The van der Waals surface area contributed by atoms with Crippen molar-refractivity contribution in [2.24, 2.45) is 5.92 Å². The summed E-state index contributed by atoms with van der Waals surface area (Å²) in [4.78, 5) is 25.9. The number of carbonyl (C=O) groups excluding carboxylic acids is 1. The fraction of sp³-hybridized carbons (Fsp3) is 0.320. The van der Waals surface area contributed by atoms with Gasteiger partial charge < -0.3 is 20.9 Å². The van der Waals surface area contributed by atoms with Crippen LogP contribution in [-0.2, 0) is 11.3 Å². The highest BCUT2D eigenvalue weighted by Crippen LogP contribution is 2.29. The van der Waals surface area contributed by atoms with Crippen LogP contribution in [0.15, 0.2) is 48.7 Å². The first-order valence-corrected chi connectivity index (χ1v) is 11.9. The third-order valence-electron chi connectivity index (χ3n) is 6.10. The Kier molecular flexibility index (Phi) is 7.44. The Hall–Kier alpha value is -3.03. The highest BCUT2D eigenvalue weighted by Gasteiger charge is 2.26. The van der Waals surface area contributed by atoms with Gasteiger partial charge in [0, 0.05) is 67.1 Å². The minimum atomic E-state index is -0.0623. The van der Waals surface area contributed by atoms with Crippen molar-refractivity contribution < 1.29 is 4.79 Å². The maximum atomic E-state index is 12.7. The normalized spacial score (nSPS) is 14.2. The van der Waals surface area contributed by atoms with Gasteiger partial charge in [-0.2, -0.15) is 4.98 Å². The van der Waals surface area contributed by atoms with Crippen LogP contribution in [0, 0.1) is 5.92 Å². The van der Waals surface area contributed by atoms with Gasteiger partial charge in [-0.15, -0.1) is 0 Å². The first-order valence-electron chi connectivity index (χ1n) is 11.2. The van der Waals surface area contributed by atoms with Gasteiger partial charge in [-0.3, -0.25) is 4.79 Å². The van der Waals surface area contributed by atoms with Crippen LogP contribution in [0.2, 0.25) is 10.0 Å². The van der Waals surface area contributed by atoms with Gasteiger partial charge in [-0.1, -0.05) is 41.4 Å². The predicted octanol–water partition coefficient (Wildman–Crippen LogP) is 4.63. The van der Waals surface area contributed by atoms with E-state index in [-0.39, 0.29) is 11.8 Å². The number of amides is 1. The molecule has 178 valence electrons. The topological polar surface area (TPSA) is 87.4 Å². The zero-order valence-electron chi connectivity index (χ0n) is 19.3. The number of nitrogens with one attached hydrogen (secondary N) is 1. The van der Waals surface area contributed by atoms with E-state index in [4.69, 9.17) is 28.9 Å². The molecule has 1 amide bonds. The summed E-state index contributed by atoms with van der Waals surface area (Å²) in [5.74, 6) is 1.01. The molecule has 0 bridgehead atoms. The third kappa shape index (κ3) is 5.54. The number of nitrogen functional groups attached to an aromatic ring is 1. The van der Waals surface area contributed by atoms with E-state index in [1.54, 1.807) is 18.3 Å². The molecule has 0 saturated carbocycles. The first kappa shape index (κ1) is 24.1. The van der Waals surface area contributed by atoms with Gasteiger partial charge in [0.1, 0.15) is 5.82 Å². The lowest BCUT2D eigenvalue weighted by Crippen LogP contribution is -2.41. The lowest BCUT2D eigenvalue weighted by molar-refractivity contribution is -0.125. The minimum Gasteiger partial charge on any atom is -0.383 e. The van der Waals surface area contributed by atoms with Gasteiger partial charge in [0.05, 0.1) is 0 Å². The average Bonchev–Trinajstić information content (AvgIpc) is 2.83. The monoisotopic (exact) mass is 498 g/mol. The lowest BCUT2D eigenvalue weighted by atomic mass is 9.96. The van der Waals surface area contributed by atoms with Crippen molar-refractivity contribution in [2.75, 3.05) is 42.7 Å². The molecule has 0 aliphatic carbocycles. The molecule has 1 saturated heterocycles. The molecule has 1 aliphatic rings. The summed E-state index contributed by atoms with van der Waals surface area (Å²) in [6.45, 7) is 1.76. The van der Waals surface area contributed by atoms with Crippen LogP contribution in [-0.4, -0.2) is 43.1 Å². The number of piperidine rings is 1. The van der Waals surface area contributed by atoms with Crippen molar-refractivity contribution in [1.29, 1.82) is 0 Å². The molecule has 9 heteroatoms. The second-order valence-corrected chi connectivity index (χ2v) is 9.47. The van der Waals surface area contributed by atoms with Crippen LogP contribution in [0.1, 0.15) is 18.4 Å². The standard InChI is InChI=1S/C25H28Cl2N6O/c1-32(2)20-5-3-4-17(12-20)21-15-30-25(31-23(21)28)33-10-8-16(9-11-33)24(34)29-14-18-6-7-19(26)13-22(18)27/h3-7,12-13,15-16H,8-11,14H2,1-2H3,(H,29,34)(H2,28,30,31). The summed E-state index contributed by atoms with van der Waals surface area (Å²) in [6.07, 6.45) is 3.22. The Balaban J connectivity index is 1.35. The summed E-state index contributed by atoms with van der Waals surface area (Å²) in [7, 11) is 4.00. The number of nitrogens with two attached hydrogens (primary N) is 1. The number of rotatable bonds is 6. The number of hydrogen-bond acceptors (Lipinski definition) is 6. The van der Waals surface area contributed by atoms with E-state index in [0.29, 0.717) is 41.4 Å². The molecule has 1 fully saturated rings. The summed E-state index contributed by atoms with van der Waals surface area (Å²) >= 11 is 12.1. The Morgan fingerprint density at radius 1 is 1.18 bits per heavy atom. The third-order valence-corrected chi connectivity index (χ3v) is 6.68. The second-order valence-electron chi connectivity index (χ2n) is 8.63. The molecular weight excluding hydrogens is 471 g/mol. The van der Waals surface area contributed by atoms with Gasteiger partial charge in [-0.25, -0.2) is 4.98 Å². The van der Waals surface area contributed by atoms with Crippen LogP contribution in [0.5, 0.6) is 0 Å². The van der Waals surface area contributed by atoms with E-state index in [2.05, 4.69) is 26.3 Å². The van der Waals surface area contributed by atoms with Gasteiger partial charge in [0.2, 0.25) is 11.9 Å². The molecule has 0 atom stereocenters. The van der Waals surface area contributed by atoms with E-state index in [0.717, 1.165) is 35.2 Å². The van der Waals surface area contributed by atoms with E-state index in [1.165, 1.54) is 0 Å². The Morgan fingerprint density at radius 2 is 1.94 bits per heavy atom. The van der Waals surface area contributed by atoms with E-state index in [9.17, 15) is 4.79 Å². The van der Waals surface area contributed by atoms with Gasteiger partial charge in [-0.05, 0) is 48.2 Å². The number of anilines is 3. The molecule has 2 aromatic carbocycles. The molecule has 34 heavy (non-hydrogen) atoms.